The Morgan fingerprint density at radius 1 is 1.00 bits per heavy atom. The highest BCUT2D eigenvalue weighted by Gasteiger charge is 2.02. The van der Waals surface area contributed by atoms with E-state index in [4.69, 9.17) is 9.47 Å². The lowest BCUT2D eigenvalue weighted by Gasteiger charge is -2.08. The summed E-state index contributed by atoms with van der Waals surface area (Å²) in [6, 6.07) is 13.8. The summed E-state index contributed by atoms with van der Waals surface area (Å²) in [5.74, 6) is 1.35. The molecular weight excluding hydrogens is 321 g/mol. The second kappa shape index (κ2) is 10.3. The number of hydrogen-bond acceptors (Lipinski definition) is 3. The predicted octanol–water partition coefficient (Wildman–Crippen LogP) is 3.74. The molecule has 0 radical (unpaired) electrons. The molecule has 134 valence electrons. The van der Waals surface area contributed by atoms with Crippen LogP contribution >= 0.6 is 0 Å². The molecule has 0 heterocycles. The van der Waals surface area contributed by atoms with Crippen molar-refractivity contribution in [1.82, 2.24) is 5.32 Å². The van der Waals surface area contributed by atoms with Crippen molar-refractivity contribution in [3.05, 3.63) is 59.9 Å². The number of nitrogens with one attached hydrogen (secondary N) is 1. The van der Waals surface area contributed by atoms with Gasteiger partial charge in [-0.3, -0.25) is 4.79 Å². The summed E-state index contributed by atoms with van der Waals surface area (Å²) in [5.41, 5.74) is 1.07. The van der Waals surface area contributed by atoms with E-state index in [-0.39, 0.29) is 11.7 Å². The number of hydrogen-bond donors (Lipinski definition) is 1. The fourth-order valence-electron chi connectivity index (χ4n) is 2.35. The minimum Gasteiger partial charge on any atom is -0.497 e. The van der Waals surface area contributed by atoms with E-state index in [1.54, 1.807) is 19.2 Å². The van der Waals surface area contributed by atoms with Gasteiger partial charge in [-0.2, -0.15) is 0 Å². The molecule has 2 rings (SSSR count). The molecule has 0 aliphatic heterocycles. The Balaban J connectivity index is 1.52. The molecule has 0 saturated heterocycles. The Bertz CT molecular complexity index is 641. The molecule has 25 heavy (non-hydrogen) atoms. The number of rotatable bonds is 10. The summed E-state index contributed by atoms with van der Waals surface area (Å²) in [6.07, 6.45) is 2.75. The highest BCUT2D eigenvalue weighted by molar-refractivity contribution is 5.75. The number of carbonyl (C=O) groups excluding carboxylic acids is 1. The molecule has 0 aromatic heterocycles. The number of amides is 1. The Labute approximate surface area is 148 Å². The molecule has 1 amide bonds. The zero-order chi connectivity index (χ0) is 17.9. The van der Waals surface area contributed by atoms with Gasteiger partial charge in [0.1, 0.15) is 17.3 Å². The third kappa shape index (κ3) is 7.25. The van der Waals surface area contributed by atoms with Gasteiger partial charge in [0.15, 0.2) is 0 Å². The van der Waals surface area contributed by atoms with Gasteiger partial charge < -0.3 is 14.8 Å². The summed E-state index contributed by atoms with van der Waals surface area (Å²) in [5, 5.41) is 2.89. The minimum atomic E-state index is -0.228. The Hall–Kier alpha value is -2.56. The van der Waals surface area contributed by atoms with Crippen LogP contribution < -0.4 is 14.8 Å². The third-order valence-electron chi connectivity index (χ3n) is 3.75. The molecule has 0 bridgehead atoms. The van der Waals surface area contributed by atoms with Gasteiger partial charge in [-0.15, -0.1) is 0 Å². The lowest BCUT2D eigenvalue weighted by atomic mass is 10.1. The van der Waals surface area contributed by atoms with Crippen molar-refractivity contribution in [2.45, 2.75) is 25.7 Å². The van der Waals surface area contributed by atoms with Crippen molar-refractivity contribution in [2.24, 2.45) is 0 Å². The van der Waals surface area contributed by atoms with Crippen molar-refractivity contribution in [3.8, 4) is 11.5 Å². The van der Waals surface area contributed by atoms with E-state index in [0.29, 0.717) is 26.0 Å². The number of carbonyl (C=O) groups is 1. The molecule has 1 N–H and O–H groups in total. The Morgan fingerprint density at radius 3 is 2.36 bits per heavy atom. The van der Waals surface area contributed by atoms with Crippen LogP contribution in [0.25, 0.3) is 0 Å². The molecule has 4 nitrogen and oxygen atoms in total. The first-order chi connectivity index (χ1) is 12.2. The van der Waals surface area contributed by atoms with Crippen LogP contribution in [-0.4, -0.2) is 26.2 Å². The Morgan fingerprint density at radius 2 is 1.68 bits per heavy atom. The summed E-state index contributed by atoms with van der Waals surface area (Å²) >= 11 is 0. The van der Waals surface area contributed by atoms with E-state index < -0.39 is 0 Å². The minimum absolute atomic E-state index is 0.0254. The molecule has 0 atom stereocenters. The predicted molar refractivity (Wildman–Crippen MR) is 95.5 cm³/mol. The van der Waals surface area contributed by atoms with Crippen LogP contribution in [0.4, 0.5) is 4.39 Å². The van der Waals surface area contributed by atoms with Gasteiger partial charge in [-0.25, -0.2) is 4.39 Å². The average molecular weight is 345 g/mol. The summed E-state index contributed by atoms with van der Waals surface area (Å²) < 4.78 is 23.5. The van der Waals surface area contributed by atoms with Crippen molar-refractivity contribution in [2.75, 3.05) is 20.3 Å². The molecular formula is C20H24FNO3. The van der Waals surface area contributed by atoms with Crippen LogP contribution in [0.1, 0.15) is 24.8 Å². The van der Waals surface area contributed by atoms with Crippen molar-refractivity contribution < 1.29 is 18.7 Å². The first-order valence-electron chi connectivity index (χ1n) is 8.45. The molecule has 0 spiro atoms. The number of benzene rings is 2. The zero-order valence-corrected chi connectivity index (χ0v) is 14.5. The van der Waals surface area contributed by atoms with Crippen molar-refractivity contribution >= 4 is 5.91 Å². The second-order valence-electron chi connectivity index (χ2n) is 5.71. The van der Waals surface area contributed by atoms with Crippen LogP contribution in [0.15, 0.2) is 48.5 Å². The summed E-state index contributed by atoms with van der Waals surface area (Å²) in [6.45, 7) is 1.12. The first-order valence-corrected chi connectivity index (χ1v) is 8.45. The van der Waals surface area contributed by atoms with Gasteiger partial charge in [-0.05, 0) is 61.2 Å². The van der Waals surface area contributed by atoms with Crippen LogP contribution in [0.3, 0.4) is 0 Å². The van der Waals surface area contributed by atoms with Crippen molar-refractivity contribution in [1.29, 1.82) is 0 Å². The van der Waals surface area contributed by atoms with Crippen molar-refractivity contribution in [3.63, 3.8) is 0 Å². The van der Waals surface area contributed by atoms with Gasteiger partial charge in [0, 0.05) is 13.0 Å². The molecule has 2 aromatic carbocycles. The quantitative estimate of drug-likeness (QED) is 0.667. The van der Waals surface area contributed by atoms with Gasteiger partial charge in [-0.1, -0.05) is 12.1 Å². The van der Waals surface area contributed by atoms with Gasteiger partial charge >= 0.3 is 0 Å². The van der Waals surface area contributed by atoms with E-state index in [0.717, 1.165) is 29.9 Å². The molecule has 0 saturated carbocycles. The third-order valence-corrected chi connectivity index (χ3v) is 3.75. The maximum Gasteiger partial charge on any atom is 0.220 e. The number of methoxy groups -OCH3 is 1. The fraction of sp³-hybridized carbons (Fsp3) is 0.350. The number of aryl methyl sites for hydroxylation is 1. The summed E-state index contributed by atoms with van der Waals surface area (Å²) in [4.78, 5) is 11.8. The van der Waals surface area contributed by atoms with E-state index in [1.165, 1.54) is 12.1 Å². The monoisotopic (exact) mass is 345 g/mol. The number of halogens is 1. The van der Waals surface area contributed by atoms with Crippen LogP contribution in [-0.2, 0) is 11.2 Å². The zero-order valence-electron chi connectivity index (χ0n) is 14.5. The molecule has 5 heteroatoms. The molecule has 2 aromatic rings. The first kappa shape index (κ1) is 18.8. The highest BCUT2D eigenvalue weighted by Crippen LogP contribution is 2.17. The topological polar surface area (TPSA) is 47.6 Å². The van der Waals surface area contributed by atoms with Crippen LogP contribution in [0.5, 0.6) is 11.5 Å². The van der Waals surface area contributed by atoms with Gasteiger partial charge in [0.2, 0.25) is 5.91 Å². The molecule has 0 aliphatic carbocycles. The molecule has 0 fully saturated rings. The molecule has 0 aliphatic rings. The number of ether oxygens (including phenoxy) is 2. The maximum atomic E-state index is 12.8. The SMILES string of the molecule is COc1ccc(OCCCC(=O)NCCCc2ccc(F)cc2)cc1. The Kier molecular flexibility index (Phi) is 7.76. The van der Waals surface area contributed by atoms with Gasteiger partial charge in [0.25, 0.3) is 0 Å². The summed E-state index contributed by atoms with van der Waals surface area (Å²) in [7, 11) is 1.62. The smallest absolute Gasteiger partial charge is 0.220 e. The standard InChI is InChI=1S/C20H24FNO3/c1-24-18-10-12-19(13-11-18)25-15-3-5-20(23)22-14-2-4-16-6-8-17(21)9-7-16/h6-13H,2-5,14-15H2,1H3,(H,22,23). The maximum absolute atomic E-state index is 12.8. The van der Waals surface area contributed by atoms with E-state index >= 15 is 0 Å². The normalized spacial score (nSPS) is 10.3. The van der Waals surface area contributed by atoms with E-state index in [2.05, 4.69) is 5.32 Å². The average Bonchev–Trinajstić information content (AvgIpc) is 2.64. The van der Waals surface area contributed by atoms with Crippen LogP contribution in [0, 0.1) is 5.82 Å². The lowest BCUT2D eigenvalue weighted by molar-refractivity contribution is -0.121. The highest BCUT2D eigenvalue weighted by atomic mass is 19.1. The van der Waals surface area contributed by atoms with Crippen LogP contribution in [0.2, 0.25) is 0 Å². The molecule has 0 unspecified atom stereocenters. The van der Waals surface area contributed by atoms with Gasteiger partial charge in [0.05, 0.1) is 13.7 Å². The van der Waals surface area contributed by atoms with E-state index in [1.807, 2.05) is 24.3 Å². The lowest BCUT2D eigenvalue weighted by Crippen LogP contribution is -2.24. The largest absolute Gasteiger partial charge is 0.497 e. The van der Waals surface area contributed by atoms with E-state index in [9.17, 15) is 9.18 Å². The fourth-order valence-corrected chi connectivity index (χ4v) is 2.35. The second-order valence-corrected chi connectivity index (χ2v) is 5.71.